The van der Waals surface area contributed by atoms with Crippen molar-refractivity contribution in [2.75, 3.05) is 12.4 Å². The number of nitrogens with one attached hydrogen (secondary N) is 1. The van der Waals surface area contributed by atoms with Gasteiger partial charge in [0.2, 0.25) is 0 Å². The van der Waals surface area contributed by atoms with Gasteiger partial charge in [0.05, 0.1) is 12.1 Å². The molecule has 0 fully saturated rings. The Kier molecular flexibility index (Phi) is 4.46. The van der Waals surface area contributed by atoms with E-state index in [1.807, 2.05) is 0 Å². The predicted octanol–water partition coefficient (Wildman–Crippen LogP) is 4.36. The number of anilines is 1. The third-order valence-corrected chi connectivity index (χ3v) is 3.82. The van der Waals surface area contributed by atoms with Crippen LogP contribution in [-0.4, -0.2) is 13.0 Å². The highest BCUT2D eigenvalue weighted by molar-refractivity contribution is 6.38. The Balaban J connectivity index is 2.00. The largest absolute Gasteiger partial charge is 0.497 e. The summed E-state index contributed by atoms with van der Waals surface area (Å²) in [7, 11) is 1.52. The first-order chi connectivity index (χ1) is 11.5. The number of fused-ring (bicyclic) bond motifs is 1. The lowest BCUT2D eigenvalue weighted by molar-refractivity contribution is 0.102. The lowest BCUT2D eigenvalue weighted by Crippen LogP contribution is -2.20. The molecule has 3 rings (SSSR count). The van der Waals surface area contributed by atoms with Crippen LogP contribution in [0.25, 0.3) is 11.0 Å². The Morgan fingerprint density at radius 3 is 2.71 bits per heavy atom. The smallest absolute Gasteiger partial charge is 0.349 e. The molecule has 0 spiro atoms. The van der Waals surface area contributed by atoms with E-state index in [2.05, 4.69) is 5.32 Å². The Hall–Kier alpha value is -2.50. The summed E-state index contributed by atoms with van der Waals surface area (Å²) < 4.78 is 10.2. The number of ether oxygens (including phenoxy) is 1. The number of methoxy groups -OCH3 is 1. The van der Waals surface area contributed by atoms with E-state index in [4.69, 9.17) is 32.4 Å². The molecule has 0 saturated heterocycles. The van der Waals surface area contributed by atoms with Crippen molar-refractivity contribution in [1.29, 1.82) is 0 Å². The first kappa shape index (κ1) is 16.4. The monoisotopic (exact) mass is 363 g/mol. The van der Waals surface area contributed by atoms with Crippen molar-refractivity contribution in [3.63, 3.8) is 0 Å². The third-order valence-electron chi connectivity index (χ3n) is 3.32. The Morgan fingerprint density at radius 1 is 1.17 bits per heavy atom. The van der Waals surface area contributed by atoms with Crippen molar-refractivity contribution in [3.8, 4) is 5.75 Å². The van der Waals surface area contributed by atoms with Crippen LogP contribution in [0, 0.1) is 0 Å². The van der Waals surface area contributed by atoms with Gasteiger partial charge in [-0.05, 0) is 30.3 Å². The molecule has 122 valence electrons. The minimum absolute atomic E-state index is 0.149. The number of rotatable bonds is 3. The maximum absolute atomic E-state index is 12.4. The molecule has 7 heteroatoms. The van der Waals surface area contributed by atoms with Gasteiger partial charge in [-0.2, -0.15) is 0 Å². The number of hydrogen-bond acceptors (Lipinski definition) is 4. The van der Waals surface area contributed by atoms with Gasteiger partial charge in [0.1, 0.15) is 11.3 Å². The summed E-state index contributed by atoms with van der Waals surface area (Å²) in [6, 6.07) is 11.2. The zero-order valence-electron chi connectivity index (χ0n) is 12.4. The maximum Gasteiger partial charge on any atom is 0.349 e. The molecule has 0 aliphatic carbocycles. The average Bonchev–Trinajstić information content (AvgIpc) is 2.55. The molecular formula is C17H11Cl2NO4. The van der Waals surface area contributed by atoms with E-state index in [-0.39, 0.29) is 16.2 Å². The normalized spacial score (nSPS) is 10.6. The molecule has 1 aromatic heterocycles. The Labute approximate surface area is 146 Å². The van der Waals surface area contributed by atoms with Crippen LogP contribution in [0.5, 0.6) is 5.75 Å². The van der Waals surface area contributed by atoms with Crippen LogP contribution in [0.4, 0.5) is 5.69 Å². The van der Waals surface area contributed by atoms with Crippen LogP contribution in [0.2, 0.25) is 10.0 Å². The number of carbonyl (C=O) groups is 1. The Morgan fingerprint density at radius 2 is 1.96 bits per heavy atom. The van der Waals surface area contributed by atoms with Gasteiger partial charge in [0.25, 0.3) is 5.91 Å². The van der Waals surface area contributed by atoms with Crippen molar-refractivity contribution < 1.29 is 13.9 Å². The van der Waals surface area contributed by atoms with E-state index in [9.17, 15) is 9.59 Å². The number of halogens is 2. The van der Waals surface area contributed by atoms with Crippen LogP contribution in [0.3, 0.4) is 0 Å². The minimum Gasteiger partial charge on any atom is -0.497 e. The molecule has 1 amide bonds. The fraction of sp³-hybridized carbons (Fsp3) is 0.0588. The molecule has 0 aliphatic heterocycles. The van der Waals surface area contributed by atoms with E-state index in [0.29, 0.717) is 21.8 Å². The van der Waals surface area contributed by atoms with Crippen molar-refractivity contribution in [2.45, 2.75) is 0 Å². The first-order valence-corrected chi connectivity index (χ1v) is 7.62. The predicted molar refractivity (Wildman–Crippen MR) is 93.5 cm³/mol. The second kappa shape index (κ2) is 6.55. The highest BCUT2D eigenvalue weighted by atomic mass is 35.5. The van der Waals surface area contributed by atoms with Crippen molar-refractivity contribution in [1.82, 2.24) is 0 Å². The van der Waals surface area contributed by atoms with Crippen LogP contribution < -0.4 is 15.7 Å². The molecule has 1 heterocycles. The second-order valence-electron chi connectivity index (χ2n) is 4.94. The fourth-order valence-electron chi connectivity index (χ4n) is 2.21. The summed E-state index contributed by atoms with van der Waals surface area (Å²) in [6.07, 6.45) is 0. The summed E-state index contributed by atoms with van der Waals surface area (Å²) in [5, 5.41) is 3.66. The molecule has 0 bridgehead atoms. The van der Waals surface area contributed by atoms with Crippen LogP contribution >= 0.6 is 23.2 Å². The van der Waals surface area contributed by atoms with E-state index in [1.54, 1.807) is 30.3 Å². The molecule has 0 atom stereocenters. The van der Waals surface area contributed by atoms with Crippen molar-refractivity contribution in [2.24, 2.45) is 0 Å². The van der Waals surface area contributed by atoms with Gasteiger partial charge in [-0.3, -0.25) is 4.79 Å². The first-order valence-electron chi connectivity index (χ1n) is 6.86. The molecule has 2 aromatic carbocycles. The quantitative estimate of drug-likeness (QED) is 0.701. The molecular weight excluding hydrogens is 353 g/mol. The summed E-state index contributed by atoms with van der Waals surface area (Å²) in [5.74, 6) is -0.0214. The van der Waals surface area contributed by atoms with Gasteiger partial charge >= 0.3 is 5.63 Å². The molecule has 1 N–H and O–H groups in total. The number of hydrogen-bond donors (Lipinski definition) is 1. The molecule has 0 unspecified atom stereocenters. The molecule has 0 radical (unpaired) electrons. The summed E-state index contributed by atoms with van der Waals surface area (Å²) in [5.41, 5.74) is -0.261. The molecule has 0 aliphatic rings. The highest BCUT2D eigenvalue weighted by Gasteiger charge is 2.16. The lowest BCUT2D eigenvalue weighted by atomic mass is 10.1. The number of carbonyl (C=O) groups excluding carboxylic acids is 1. The number of benzene rings is 2. The van der Waals surface area contributed by atoms with E-state index in [1.165, 1.54) is 19.2 Å². The number of amides is 1. The lowest BCUT2D eigenvalue weighted by Gasteiger charge is -2.07. The average molecular weight is 364 g/mol. The van der Waals surface area contributed by atoms with Gasteiger partial charge < -0.3 is 14.5 Å². The summed E-state index contributed by atoms with van der Waals surface area (Å²) in [6.45, 7) is 0. The molecule has 5 nitrogen and oxygen atoms in total. The van der Waals surface area contributed by atoms with Gasteiger partial charge in [-0.15, -0.1) is 0 Å². The maximum atomic E-state index is 12.4. The van der Waals surface area contributed by atoms with Crippen molar-refractivity contribution >= 4 is 45.8 Å². The highest BCUT2D eigenvalue weighted by Crippen LogP contribution is 2.27. The van der Waals surface area contributed by atoms with E-state index in [0.717, 1.165) is 0 Å². The zero-order valence-corrected chi connectivity index (χ0v) is 13.9. The standard InChI is InChI=1S/C17H11Cl2NO4/c1-23-12-4-2-3-11(8-12)20-16(21)13-6-9-5-10(18)7-14(19)15(9)24-17(13)22/h2-8H,1H3,(H,20,21). The van der Waals surface area contributed by atoms with Gasteiger partial charge in [-0.1, -0.05) is 29.3 Å². The van der Waals surface area contributed by atoms with Crippen LogP contribution in [0.15, 0.2) is 51.7 Å². The van der Waals surface area contributed by atoms with E-state index >= 15 is 0 Å². The van der Waals surface area contributed by atoms with Crippen LogP contribution in [0.1, 0.15) is 10.4 Å². The molecule has 3 aromatic rings. The zero-order chi connectivity index (χ0) is 17.3. The minimum atomic E-state index is -0.785. The SMILES string of the molecule is COc1cccc(NC(=O)c2cc3cc(Cl)cc(Cl)c3oc2=O)c1. The summed E-state index contributed by atoms with van der Waals surface area (Å²) in [4.78, 5) is 24.5. The molecule has 24 heavy (non-hydrogen) atoms. The second-order valence-corrected chi connectivity index (χ2v) is 5.78. The summed E-state index contributed by atoms with van der Waals surface area (Å²) >= 11 is 11.9. The van der Waals surface area contributed by atoms with Gasteiger partial charge in [0.15, 0.2) is 5.58 Å². The Bertz CT molecular complexity index is 998. The van der Waals surface area contributed by atoms with Crippen LogP contribution in [-0.2, 0) is 0 Å². The molecule has 0 saturated carbocycles. The van der Waals surface area contributed by atoms with Crippen molar-refractivity contribution in [3.05, 3.63) is 68.5 Å². The topological polar surface area (TPSA) is 68.5 Å². The van der Waals surface area contributed by atoms with Gasteiger partial charge in [0, 0.05) is 22.2 Å². The third kappa shape index (κ3) is 3.22. The fourth-order valence-corrected chi connectivity index (χ4v) is 2.76. The van der Waals surface area contributed by atoms with Gasteiger partial charge in [-0.25, -0.2) is 4.79 Å². The van der Waals surface area contributed by atoms with E-state index < -0.39 is 11.5 Å².